The van der Waals surface area contributed by atoms with Crippen LogP contribution in [0.3, 0.4) is 0 Å². The van der Waals surface area contributed by atoms with Crippen molar-refractivity contribution in [1.29, 1.82) is 0 Å². The lowest BCUT2D eigenvalue weighted by Crippen LogP contribution is -2.58. The maximum Gasteiger partial charge on any atom is 0.328 e. The molecule has 1 saturated heterocycles. The summed E-state index contributed by atoms with van der Waals surface area (Å²) in [5, 5.41) is 38.4. The molecule has 0 bridgehead atoms. The van der Waals surface area contributed by atoms with Crippen LogP contribution in [0.5, 0.6) is 0 Å². The average molecular weight is 552 g/mol. The molecule has 0 amide bonds. The fraction of sp³-hybridized carbons (Fsp3) is 0.786. The minimum Gasteiger partial charge on any atom is -0.478 e. The first-order valence-electron chi connectivity index (χ1n) is 14.0. The number of alkyl halides is 1. The van der Waals surface area contributed by atoms with Gasteiger partial charge in [-0.2, -0.15) is 0 Å². The van der Waals surface area contributed by atoms with Crippen LogP contribution in [0.1, 0.15) is 65.2 Å². The van der Waals surface area contributed by atoms with Crippen molar-refractivity contribution in [2.45, 2.75) is 83.6 Å². The molecule has 0 spiro atoms. The third kappa shape index (κ3) is 5.99. The van der Waals surface area contributed by atoms with Crippen LogP contribution in [0.15, 0.2) is 22.5 Å². The second-order valence-electron chi connectivity index (χ2n) is 12.2. The lowest BCUT2D eigenvalue weighted by atomic mass is 9.44. The number of hydrogen-bond donors (Lipinski definition) is 4. The number of oxime groups is 2. The van der Waals surface area contributed by atoms with Gasteiger partial charge in [-0.25, -0.2) is 14.0 Å². The monoisotopic (exact) mass is 551 g/mol. The summed E-state index contributed by atoms with van der Waals surface area (Å²) in [5.41, 5.74) is 1.41. The zero-order valence-corrected chi connectivity index (χ0v) is 23.0. The molecular weight excluding hydrogens is 509 g/mol. The molecule has 11 heteroatoms. The van der Waals surface area contributed by atoms with Crippen molar-refractivity contribution in [3.05, 3.63) is 12.2 Å². The first-order valence-corrected chi connectivity index (χ1v) is 14.0. The quantitative estimate of drug-likeness (QED) is 0.300. The maximum absolute atomic E-state index is 15.5. The summed E-state index contributed by atoms with van der Waals surface area (Å²) in [5.74, 6) is -0.998. The van der Waals surface area contributed by atoms with Crippen molar-refractivity contribution in [1.82, 2.24) is 5.32 Å². The first kappa shape index (κ1) is 29.5. The maximum atomic E-state index is 15.5. The number of carboxylic acids is 2. The van der Waals surface area contributed by atoms with Crippen LogP contribution in [-0.4, -0.2) is 77.3 Å². The second kappa shape index (κ2) is 11.9. The van der Waals surface area contributed by atoms with Crippen LogP contribution in [0.25, 0.3) is 0 Å². The van der Waals surface area contributed by atoms with Crippen molar-refractivity contribution in [3.8, 4) is 0 Å². The van der Waals surface area contributed by atoms with Gasteiger partial charge < -0.3 is 30.3 Å². The number of nitrogens with zero attached hydrogens (tertiary/aromatic N) is 2. The van der Waals surface area contributed by atoms with E-state index in [0.717, 1.165) is 57.3 Å². The molecule has 1 aliphatic heterocycles. The Morgan fingerprint density at radius 1 is 1.00 bits per heavy atom. The molecule has 0 radical (unpaired) electrons. The van der Waals surface area contributed by atoms with Crippen LogP contribution in [0.4, 0.5) is 4.39 Å². The molecular formula is C28H42FN3O7. The number of carbonyl (C=O) groups is 2. The average Bonchev–Trinajstić information content (AvgIpc) is 3.50. The second-order valence-corrected chi connectivity index (χ2v) is 12.2. The van der Waals surface area contributed by atoms with E-state index in [1.165, 1.54) is 0 Å². The topological polar surface area (TPSA) is 150 Å². The normalized spacial score (nSPS) is 43.3. The predicted molar refractivity (Wildman–Crippen MR) is 142 cm³/mol. The first-order chi connectivity index (χ1) is 18.5. The van der Waals surface area contributed by atoms with E-state index < -0.39 is 18.1 Å². The van der Waals surface area contributed by atoms with E-state index in [0.29, 0.717) is 48.5 Å². The van der Waals surface area contributed by atoms with Gasteiger partial charge >= 0.3 is 11.9 Å². The summed E-state index contributed by atoms with van der Waals surface area (Å²) >= 11 is 0. The Bertz CT molecular complexity index is 997. The van der Waals surface area contributed by atoms with Gasteiger partial charge in [-0.15, -0.1) is 0 Å². The van der Waals surface area contributed by atoms with Gasteiger partial charge in [0.15, 0.2) is 0 Å². The van der Waals surface area contributed by atoms with E-state index >= 15 is 4.39 Å². The molecule has 9 atom stereocenters. The summed E-state index contributed by atoms with van der Waals surface area (Å²) < 4.78 is 15.5. The molecule has 5 fully saturated rings. The number of rotatable bonds is 5. The van der Waals surface area contributed by atoms with Gasteiger partial charge in [0.25, 0.3) is 0 Å². The standard InChI is InChI=1S/C24H38FN3O3.C4H4O4/c1-23-8-6-17-15(16(23)4-5-22(23)29)10-20(27-30-3)18-11-21(19(25)12-24(17,18)2)28-31-14-7-9-26-13-14;5-3(6)1-2-4(7)8/h14-19,22,26,29H,4-13H2,1-3H3;1-2H,(H,5,6)(H,7,8)/b27-20-,28-21-;2-1+/t14-,15+,16+,17+,18?,19-,22+,23+,24-;/m1./s1. The van der Waals surface area contributed by atoms with Crippen LogP contribution in [0.2, 0.25) is 0 Å². The molecule has 1 heterocycles. The smallest absolute Gasteiger partial charge is 0.328 e. The molecule has 0 aromatic heterocycles. The summed E-state index contributed by atoms with van der Waals surface area (Å²) in [6.07, 6.45) is 6.77. The Kier molecular flexibility index (Phi) is 9.00. The molecule has 5 rings (SSSR count). The van der Waals surface area contributed by atoms with E-state index in [1.807, 2.05) is 0 Å². The number of hydrogen-bond acceptors (Lipinski definition) is 8. The number of halogens is 1. The van der Waals surface area contributed by atoms with Gasteiger partial charge in [0.2, 0.25) is 0 Å². The Morgan fingerprint density at radius 2 is 1.69 bits per heavy atom. The summed E-state index contributed by atoms with van der Waals surface area (Å²) in [6.45, 7) is 6.25. The van der Waals surface area contributed by atoms with Crippen LogP contribution in [0, 0.1) is 34.5 Å². The fourth-order valence-electron chi connectivity index (χ4n) is 8.19. The number of carboxylic acid groups (broad SMARTS) is 2. The Labute approximate surface area is 228 Å². The van der Waals surface area contributed by atoms with Gasteiger partial charge in [-0.05, 0) is 73.7 Å². The predicted octanol–water partition coefficient (Wildman–Crippen LogP) is 3.40. The fourth-order valence-corrected chi connectivity index (χ4v) is 8.19. The number of nitrogens with one attached hydrogen (secondary N) is 1. The lowest BCUT2D eigenvalue weighted by molar-refractivity contribution is -0.134. The van der Waals surface area contributed by atoms with Crippen molar-refractivity contribution in [3.63, 3.8) is 0 Å². The molecule has 10 nitrogen and oxygen atoms in total. The molecule has 0 aromatic rings. The highest BCUT2D eigenvalue weighted by Crippen LogP contribution is 2.65. The van der Waals surface area contributed by atoms with Gasteiger partial charge in [0.05, 0.1) is 17.5 Å². The van der Waals surface area contributed by atoms with Crippen molar-refractivity contribution in [2.75, 3.05) is 20.2 Å². The van der Waals surface area contributed by atoms with Crippen LogP contribution in [-0.2, 0) is 19.3 Å². The van der Waals surface area contributed by atoms with Crippen LogP contribution >= 0.6 is 0 Å². The third-order valence-electron chi connectivity index (χ3n) is 10.2. The summed E-state index contributed by atoms with van der Waals surface area (Å²) in [7, 11) is 1.60. The molecule has 39 heavy (non-hydrogen) atoms. The highest BCUT2D eigenvalue weighted by molar-refractivity contribution is 5.97. The Hall–Kier alpha value is -2.53. The molecule has 0 aromatic carbocycles. The molecule has 5 aliphatic rings. The van der Waals surface area contributed by atoms with E-state index in [-0.39, 0.29) is 29.0 Å². The van der Waals surface area contributed by atoms with E-state index in [1.54, 1.807) is 7.11 Å². The highest BCUT2D eigenvalue weighted by Gasteiger charge is 2.62. The molecule has 1 unspecified atom stereocenters. The minimum absolute atomic E-state index is 0.0118. The molecule has 218 valence electrons. The van der Waals surface area contributed by atoms with Crippen molar-refractivity contribution >= 4 is 23.4 Å². The van der Waals surface area contributed by atoms with Crippen molar-refractivity contribution in [2.24, 2.45) is 44.8 Å². The van der Waals surface area contributed by atoms with Gasteiger partial charge in [-0.3, -0.25) is 0 Å². The summed E-state index contributed by atoms with van der Waals surface area (Å²) in [4.78, 5) is 30.1. The molecule has 4 saturated carbocycles. The zero-order valence-electron chi connectivity index (χ0n) is 23.0. The van der Waals surface area contributed by atoms with Gasteiger partial charge in [0.1, 0.15) is 19.4 Å². The SMILES string of the molecule is CO/N=C1/C[C@H]2[C@@H]3CC[C@H](O)[C@@]3(C)CC[C@@H]2[C@@]2(C)C[C@@H](F)/C(=N\O[C@@H]3CCNC3)CC12.O=C(O)/C=C/C(=O)O. The van der Waals surface area contributed by atoms with Crippen LogP contribution < -0.4 is 5.32 Å². The molecule has 4 N–H and O–H groups in total. The zero-order chi connectivity index (χ0) is 28.4. The molecule has 4 aliphatic carbocycles. The van der Waals surface area contributed by atoms with E-state index in [9.17, 15) is 14.7 Å². The van der Waals surface area contributed by atoms with Gasteiger partial charge in [0, 0.05) is 37.5 Å². The third-order valence-corrected chi connectivity index (χ3v) is 10.2. The highest BCUT2D eigenvalue weighted by atomic mass is 19.1. The Morgan fingerprint density at radius 3 is 2.31 bits per heavy atom. The number of aliphatic hydroxyl groups excluding tert-OH is 1. The van der Waals surface area contributed by atoms with E-state index in [2.05, 4.69) is 29.5 Å². The lowest BCUT2D eigenvalue weighted by Gasteiger charge is -2.60. The summed E-state index contributed by atoms with van der Waals surface area (Å²) in [6, 6.07) is 0. The van der Waals surface area contributed by atoms with Gasteiger partial charge in [-0.1, -0.05) is 24.2 Å². The Balaban J connectivity index is 0.000000386. The number of aliphatic carboxylic acids is 2. The number of aliphatic hydroxyl groups is 1. The van der Waals surface area contributed by atoms with E-state index in [4.69, 9.17) is 19.9 Å². The minimum atomic E-state index is -1.26. The number of fused-ring (bicyclic) bond motifs is 5. The largest absolute Gasteiger partial charge is 0.478 e. The van der Waals surface area contributed by atoms with Crippen molar-refractivity contribution < 1.29 is 39.0 Å².